The number of rotatable bonds is 12. The van der Waals surface area contributed by atoms with Gasteiger partial charge in [-0.15, -0.1) is 0 Å². The molecule has 1 aliphatic heterocycles. The van der Waals surface area contributed by atoms with Gasteiger partial charge >= 0.3 is 0 Å². The summed E-state index contributed by atoms with van der Waals surface area (Å²) in [4.78, 5) is 20.8. The van der Waals surface area contributed by atoms with Gasteiger partial charge in [0.15, 0.2) is 0 Å². The molecule has 0 N–H and O–H groups in total. The maximum atomic E-state index is 13.8. The molecule has 1 fully saturated rings. The zero-order valence-electron chi connectivity index (χ0n) is 23.0. The maximum absolute atomic E-state index is 13.8. The number of likely N-dealkylation sites (N-methyl/N-ethyl adjacent to an activating group) is 1. The Morgan fingerprint density at radius 2 is 1.74 bits per heavy atom. The summed E-state index contributed by atoms with van der Waals surface area (Å²) in [7, 11) is 2.19. The summed E-state index contributed by atoms with van der Waals surface area (Å²) in [5, 5.41) is 5.02. The number of nitrogens with zero attached hydrogens (tertiary/aromatic N) is 5. The van der Waals surface area contributed by atoms with Crippen LogP contribution in [0.15, 0.2) is 30.3 Å². The monoisotopic (exact) mass is 481 g/mol. The van der Waals surface area contributed by atoms with Crippen LogP contribution in [0.2, 0.25) is 0 Å². The average molecular weight is 482 g/mol. The highest BCUT2D eigenvalue weighted by Gasteiger charge is 2.29. The number of hydrogen-bond acceptors (Lipinski definition) is 4. The summed E-state index contributed by atoms with van der Waals surface area (Å²) in [5.74, 6) is 2.15. The summed E-state index contributed by atoms with van der Waals surface area (Å²) in [5.41, 5.74) is 3.29. The van der Waals surface area contributed by atoms with E-state index >= 15 is 0 Å². The van der Waals surface area contributed by atoms with Gasteiger partial charge in [-0.2, -0.15) is 5.10 Å². The number of aryl methyl sites for hydroxylation is 1. The normalized spacial score (nSPS) is 15.6. The summed E-state index contributed by atoms with van der Waals surface area (Å²) in [6, 6.07) is 10.4. The van der Waals surface area contributed by atoms with Gasteiger partial charge in [0.05, 0.1) is 17.9 Å². The van der Waals surface area contributed by atoms with E-state index < -0.39 is 0 Å². The number of hydrogen-bond donors (Lipinski definition) is 0. The fraction of sp³-hybridized carbons (Fsp3) is 0.655. The smallest absolute Gasteiger partial charge is 0.225 e. The van der Waals surface area contributed by atoms with Gasteiger partial charge in [-0.05, 0) is 51.3 Å². The van der Waals surface area contributed by atoms with Gasteiger partial charge in [0.1, 0.15) is 5.82 Å². The molecule has 3 rings (SSSR count). The molecule has 1 aliphatic rings. The second kappa shape index (κ2) is 13.1. The Morgan fingerprint density at radius 3 is 2.34 bits per heavy atom. The molecule has 0 radical (unpaired) electrons. The van der Waals surface area contributed by atoms with Crippen molar-refractivity contribution < 1.29 is 4.79 Å². The first-order valence-electron chi connectivity index (χ1n) is 13.7. The molecule has 1 amide bonds. The van der Waals surface area contributed by atoms with Crippen molar-refractivity contribution in [1.29, 1.82) is 0 Å². The van der Waals surface area contributed by atoms with Gasteiger partial charge in [-0.3, -0.25) is 4.79 Å². The topological polar surface area (TPSA) is 44.6 Å². The van der Waals surface area contributed by atoms with Gasteiger partial charge in [0, 0.05) is 44.2 Å². The molecule has 1 aromatic heterocycles. The molecule has 0 saturated carbocycles. The van der Waals surface area contributed by atoms with Crippen LogP contribution in [0.25, 0.3) is 5.69 Å². The van der Waals surface area contributed by atoms with E-state index in [0.29, 0.717) is 18.4 Å². The fourth-order valence-electron chi connectivity index (χ4n) is 4.91. The number of anilines is 1. The average Bonchev–Trinajstić information content (AvgIpc) is 3.18. The van der Waals surface area contributed by atoms with Crippen molar-refractivity contribution in [2.24, 2.45) is 11.8 Å². The number of carbonyl (C=O) groups excluding carboxylic acids is 1. The lowest BCUT2D eigenvalue weighted by Gasteiger charge is -2.35. The third kappa shape index (κ3) is 7.09. The molecular formula is C29H47N5O. The van der Waals surface area contributed by atoms with Gasteiger partial charge in [-0.25, -0.2) is 4.68 Å². The second-order valence-electron chi connectivity index (χ2n) is 10.6. The van der Waals surface area contributed by atoms with E-state index in [1.54, 1.807) is 0 Å². The van der Waals surface area contributed by atoms with E-state index in [1.165, 1.54) is 5.56 Å². The van der Waals surface area contributed by atoms with Crippen molar-refractivity contribution in [3.63, 3.8) is 0 Å². The molecule has 0 spiro atoms. The van der Waals surface area contributed by atoms with Crippen LogP contribution in [-0.2, 0) is 11.3 Å². The van der Waals surface area contributed by atoms with Crippen LogP contribution in [0, 0.1) is 18.8 Å². The van der Waals surface area contributed by atoms with E-state index in [4.69, 9.17) is 5.10 Å². The Balaban J connectivity index is 1.99. The van der Waals surface area contributed by atoms with Crippen LogP contribution in [0.3, 0.4) is 0 Å². The largest absolute Gasteiger partial charge is 0.354 e. The number of para-hydroxylation sites is 1. The Labute approximate surface area is 213 Å². The first-order valence-corrected chi connectivity index (χ1v) is 13.7. The second-order valence-corrected chi connectivity index (χ2v) is 10.6. The minimum atomic E-state index is 0.110. The SMILES string of the molecule is CCCC[C@H](CC)C(=O)N(CCC(C)C)Cc1c(C)nn(-c2ccccc2)c1N1CCN(C)CC1. The number of carbonyl (C=O) groups is 1. The molecule has 2 aromatic rings. The van der Waals surface area contributed by atoms with E-state index in [1.807, 2.05) is 6.07 Å². The van der Waals surface area contributed by atoms with E-state index in [2.05, 4.69) is 85.3 Å². The molecule has 6 nitrogen and oxygen atoms in total. The molecule has 1 atom stereocenters. The van der Waals surface area contributed by atoms with Crippen molar-refractivity contribution in [3.8, 4) is 5.69 Å². The van der Waals surface area contributed by atoms with Crippen molar-refractivity contribution in [2.75, 3.05) is 44.7 Å². The van der Waals surface area contributed by atoms with Gasteiger partial charge in [0.25, 0.3) is 0 Å². The molecule has 1 saturated heterocycles. The molecule has 1 aromatic carbocycles. The Bertz CT molecular complexity index is 915. The van der Waals surface area contributed by atoms with Gasteiger partial charge in [-0.1, -0.05) is 58.7 Å². The summed E-state index contributed by atoms with van der Waals surface area (Å²) in [6.07, 6.45) is 5.15. The van der Waals surface area contributed by atoms with Crippen molar-refractivity contribution in [3.05, 3.63) is 41.6 Å². The maximum Gasteiger partial charge on any atom is 0.225 e. The van der Waals surface area contributed by atoms with Crippen molar-refractivity contribution in [1.82, 2.24) is 19.6 Å². The minimum Gasteiger partial charge on any atom is -0.354 e. The molecule has 0 bridgehead atoms. The number of benzene rings is 1. The van der Waals surface area contributed by atoms with Crippen LogP contribution in [0.1, 0.15) is 71.1 Å². The fourth-order valence-corrected chi connectivity index (χ4v) is 4.91. The molecule has 0 aliphatic carbocycles. The summed E-state index contributed by atoms with van der Waals surface area (Å²) in [6.45, 7) is 16.4. The highest BCUT2D eigenvalue weighted by molar-refractivity contribution is 5.79. The van der Waals surface area contributed by atoms with Crippen LogP contribution in [-0.4, -0.2) is 65.3 Å². The van der Waals surface area contributed by atoms with E-state index in [0.717, 1.165) is 82.0 Å². The molecule has 35 heavy (non-hydrogen) atoms. The zero-order chi connectivity index (χ0) is 25.4. The van der Waals surface area contributed by atoms with Gasteiger partial charge in [0.2, 0.25) is 5.91 Å². The predicted octanol–water partition coefficient (Wildman–Crippen LogP) is 5.52. The lowest BCUT2D eigenvalue weighted by molar-refractivity contribution is -0.136. The molecular weight excluding hydrogens is 434 g/mol. The molecule has 194 valence electrons. The third-order valence-corrected chi connectivity index (χ3v) is 7.35. The number of unbranched alkanes of at least 4 members (excludes halogenated alkanes) is 1. The van der Waals surface area contributed by atoms with Crippen LogP contribution in [0.4, 0.5) is 5.82 Å². The first kappa shape index (κ1) is 27.3. The lowest BCUT2D eigenvalue weighted by Crippen LogP contribution is -2.46. The molecule has 6 heteroatoms. The number of aromatic nitrogens is 2. The standard InChI is InChI=1S/C29H47N5O/c1-7-9-13-25(8-2)29(35)33(17-16-23(3)4)22-27-24(5)30-34(26-14-11-10-12-15-26)28(27)32-20-18-31(6)19-21-32/h10-12,14-15,23,25H,7-9,13,16-22H2,1-6H3/t25-/m0/s1. The Hall–Kier alpha value is -2.34. The Kier molecular flexibility index (Phi) is 10.2. The predicted molar refractivity (Wildman–Crippen MR) is 146 cm³/mol. The van der Waals surface area contributed by atoms with E-state index in [-0.39, 0.29) is 5.92 Å². The van der Waals surface area contributed by atoms with Crippen LogP contribution >= 0.6 is 0 Å². The minimum absolute atomic E-state index is 0.110. The van der Waals surface area contributed by atoms with Crippen molar-refractivity contribution in [2.45, 2.75) is 73.3 Å². The highest BCUT2D eigenvalue weighted by atomic mass is 16.2. The third-order valence-electron chi connectivity index (χ3n) is 7.35. The Morgan fingerprint density at radius 1 is 1.06 bits per heavy atom. The lowest BCUT2D eigenvalue weighted by atomic mass is 9.97. The van der Waals surface area contributed by atoms with E-state index in [9.17, 15) is 4.79 Å². The highest BCUT2D eigenvalue weighted by Crippen LogP contribution is 2.30. The number of piperazine rings is 1. The van der Waals surface area contributed by atoms with Gasteiger partial charge < -0.3 is 14.7 Å². The first-order chi connectivity index (χ1) is 16.8. The quantitative estimate of drug-likeness (QED) is 0.400. The van der Waals surface area contributed by atoms with Crippen LogP contribution in [0.5, 0.6) is 0 Å². The van der Waals surface area contributed by atoms with Crippen molar-refractivity contribution >= 4 is 11.7 Å². The molecule has 2 heterocycles. The number of amides is 1. The zero-order valence-corrected chi connectivity index (χ0v) is 23.0. The molecule has 0 unspecified atom stereocenters. The van der Waals surface area contributed by atoms with Crippen LogP contribution < -0.4 is 4.90 Å². The summed E-state index contributed by atoms with van der Waals surface area (Å²) >= 11 is 0. The summed E-state index contributed by atoms with van der Waals surface area (Å²) < 4.78 is 2.11.